The fourth-order valence-electron chi connectivity index (χ4n) is 2.46. The third-order valence-electron chi connectivity index (χ3n) is 3.65. The summed E-state index contributed by atoms with van der Waals surface area (Å²) in [7, 11) is 0. The molecule has 0 radical (unpaired) electrons. The van der Waals surface area contributed by atoms with Crippen LogP contribution in [-0.4, -0.2) is 34.7 Å². The molecule has 2 unspecified atom stereocenters. The molecule has 0 saturated carbocycles. The summed E-state index contributed by atoms with van der Waals surface area (Å²) in [5.41, 5.74) is 2.20. The van der Waals surface area contributed by atoms with E-state index in [4.69, 9.17) is 0 Å². The van der Waals surface area contributed by atoms with Crippen LogP contribution in [0.25, 0.3) is 0 Å². The zero-order chi connectivity index (χ0) is 13.8. The molecule has 0 bridgehead atoms. The van der Waals surface area contributed by atoms with Crippen LogP contribution in [0.15, 0.2) is 6.07 Å². The highest BCUT2D eigenvalue weighted by atomic mass is 35.5. The Hall–Kier alpha value is -1.20. The van der Waals surface area contributed by atoms with Gasteiger partial charge in [-0.25, -0.2) is 0 Å². The molecular weight excluding hydrogens is 276 g/mol. The second-order valence-electron chi connectivity index (χ2n) is 5.16. The predicted molar refractivity (Wildman–Crippen MR) is 81.3 cm³/mol. The lowest BCUT2D eigenvalue weighted by atomic mass is 9.99. The number of aromatic nitrogens is 2. The minimum atomic E-state index is -0.0320. The summed E-state index contributed by atoms with van der Waals surface area (Å²) in [6.07, 6.45) is 2.84. The average Bonchev–Trinajstić information content (AvgIpc) is 2.41. The van der Waals surface area contributed by atoms with Gasteiger partial charge in [0.1, 0.15) is 0 Å². The van der Waals surface area contributed by atoms with Crippen LogP contribution in [0, 0.1) is 6.92 Å². The van der Waals surface area contributed by atoms with E-state index >= 15 is 0 Å². The molecule has 112 valence electrons. The maximum atomic E-state index is 12.4. The number of hydrogen-bond acceptors (Lipinski definition) is 4. The van der Waals surface area contributed by atoms with Gasteiger partial charge in [-0.2, -0.15) is 10.2 Å². The van der Waals surface area contributed by atoms with Crippen molar-refractivity contribution in [2.75, 3.05) is 6.54 Å². The van der Waals surface area contributed by atoms with E-state index < -0.39 is 0 Å². The summed E-state index contributed by atoms with van der Waals surface area (Å²) in [5, 5.41) is 14.6. The average molecular weight is 299 g/mol. The molecule has 0 spiro atoms. The first kappa shape index (κ1) is 16.9. The smallest absolute Gasteiger partial charge is 0.253 e. The van der Waals surface area contributed by atoms with Gasteiger partial charge in [0.15, 0.2) is 0 Å². The number of aryl methyl sites for hydroxylation is 2. The van der Waals surface area contributed by atoms with Gasteiger partial charge in [0.25, 0.3) is 5.91 Å². The second kappa shape index (κ2) is 7.55. The highest BCUT2D eigenvalue weighted by Gasteiger charge is 2.24. The molecule has 1 aromatic heterocycles. The van der Waals surface area contributed by atoms with Crippen LogP contribution in [0.1, 0.15) is 48.4 Å². The highest BCUT2D eigenvalue weighted by Crippen LogP contribution is 2.12. The Bertz CT molecular complexity index is 466. The molecule has 2 rings (SSSR count). The van der Waals surface area contributed by atoms with Gasteiger partial charge in [-0.1, -0.05) is 6.92 Å². The van der Waals surface area contributed by atoms with Crippen molar-refractivity contribution in [1.29, 1.82) is 0 Å². The van der Waals surface area contributed by atoms with Gasteiger partial charge in [-0.15, -0.1) is 12.4 Å². The van der Waals surface area contributed by atoms with Crippen LogP contribution in [0.4, 0.5) is 0 Å². The van der Waals surface area contributed by atoms with Crippen molar-refractivity contribution in [2.45, 2.75) is 52.1 Å². The number of carbonyl (C=O) groups is 1. The van der Waals surface area contributed by atoms with Crippen molar-refractivity contribution in [3.63, 3.8) is 0 Å². The lowest BCUT2D eigenvalue weighted by molar-refractivity contribution is 0.0918. The van der Waals surface area contributed by atoms with Crippen LogP contribution in [0.2, 0.25) is 0 Å². The van der Waals surface area contributed by atoms with Gasteiger partial charge in [-0.05, 0) is 45.7 Å². The first-order valence-electron chi connectivity index (χ1n) is 6.99. The van der Waals surface area contributed by atoms with Gasteiger partial charge in [0.2, 0.25) is 0 Å². The highest BCUT2D eigenvalue weighted by molar-refractivity contribution is 5.95. The molecule has 1 aliphatic heterocycles. The molecule has 5 nitrogen and oxygen atoms in total. The molecule has 1 amide bonds. The Morgan fingerprint density at radius 3 is 2.90 bits per heavy atom. The van der Waals surface area contributed by atoms with Crippen LogP contribution >= 0.6 is 12.4 Å². The maximum Gasteiger partial charge on any atom is 0.253 e. The zero-order valence-electron chi connectivity index (χ0n) is 12.3. The Kier molecular flexibility index (Phi) is 6.36. The SMILES string of the molecule is CCc1nnc(C)cc1C(=O)NC1CCCNC1C.Cl. The van der Waals surface area contributed by atoms with Gasteiger partial charge >= 0.3 is 0 Å². The van der Waals surface area contributed by atoms with E-state index in [2.05, 4.69) is 27.8 Å². The third kappa shape index (κ3) is 3.90. The van der Waals surface area contributed by atoms with E-state index in [1.54, 1.807) is 0 Å². The zero-order valence-corrected chi connectivity index (χ0v) is 13.1. The van der Waals surface area contributed by atoms with Gasteiger partial charge in [0.05, 0.1) is 17.0 Å². The molecule has 20 heavy (non-hydrogen) atoms. The topological polar surface area (TPSA) is 66.9 Å². The number of amides is 1. The quantitative estimate of drug-likeness (QED) is 0.890. The molecule has 6 heteroatoms. The number of carbonyl (C=O) groups excluding carboxylic acids is 1. The summed E-state index contributed by atoms with van der Waals surface area (Å²) >= 11 is 0. The van der Waals surface area contributed by atoms with Gasteiger partial charge < -0.3 is 10.6 Å². The van der Waals surface area contributed by atoms with Crippen LogP contribution in [0.5, 0.6) is 0 Å². The molecule has 1 aromatic rings. The molecular formula is C14H23ClN4O. The van der Waals surface area contributed by atoms with E-state index in [-0.39, 0.29) is 24.4 Å². The number of hydrogen-bond donors (Lipinski definition) is 2. The van der Waals surface area contributed by atoms with E-state index in [0.717, 1.165) is 30.8 Å². The van der Waals surface area contributed by atoms with Crippen molar-refractivity contribution < 1.29 is 4.79 Å². The standard InChI is InChI=1S/C14H22N4O.ClH/c1-4-12-11(8-9(2)17-18-12)14(19)16-13-6-5-7-15-10(13)3;/h8,10,13,15H,4-7H2,1-3H3,(H,16,19);1H. The van der Waals surface area contributed by atoms with E-state index in [1.165, 1.54) is 0 Å². The molecule has 0 aliphatic carbocycles. The normalized spacial score (nSPS) is 21.9. The molecule has 1 aliphatic rings. The third-order valence-corrected chi connectivity index (χ3v) is 3.65. The molecule has 1 saturated heterocycles. The molecule has 2 N–H and O–H groups in total. The summed E-state index contributed by atoms with van der Waals surface area (Å²) in [6, 6.07) is 2.33. The first-order valence-corrected chi connectivity index (χ1v) is 6.99. The number of rotatable bonds is 3. The molecule has 2 heterocycles. The molecule has 2 atom stereocenters. The number of nitrogens with zero attached hydrogens (tertiary/aromatic N) is 2. The molecule has 1 fully saturated rings. The monoisotopic (exact) mass is 298 g/mol. The summed E-state index contributed by atoms with van der Waals surface area (Å²) in [4.78, 5) is 12.4. The van der Waals surface area contributed by atoms with Crippen molar-refractivity contribution >= 4 is 18.3 Å². The van der Waals surface area contributed by atoms with E-state index in [1.807, 2.05) is 19.9 Å². The van der Waals surface area contributed by atoms with E-state index in [9.17, 15) is 4.79 Å². The fourth-order valence-corrected chi connectivity index (χ4v) is 2.46. The van der Waals surface area contributed by atoms with E-state index in [0.29, 0.717) is 18.0 Å². The number of piperidine rings is 1. The van der Waals surface area contributed by atoms with Crippen LogP contribution in [-0.2, 0) is 6.42 Å². The van der Waals surface area contributed by atoms with Crippen molar-refractivity contribution in [1.82, 2.24) is 20.8 Å². The van der Waals surface area contributed by atoms with Gasteiger partial charge in [0, 0.05) is 12.1 Å². The second-order valence-corrected chi connectivity index (χ2v) is 5.16. The largest absolute Gasteiger partial charge is 0.348 e. The Labute approximate surface area is 126 Å². The minimum Gasteiger partial charge on any atom is -0.348 e. The maximum absolute atomic E-state index is 12.4. The summed E-state index contributed by atoms with van der Waals surface area (Å²) < 4.78 is 0. The lowest BCUT2D eigenvalue weighted by Crippen LogP contribution is -2.52. The fraction of sp³-hybridized carbons (Fsp3) is 0.643. The Morgan fingerprint density at radius 2 is 2.25 bits per heavy atom. The van der Waals surface area contributed by atoms with Crippen molar-refractivity contribution in [3.05, 3.63) is 23.0 Å². The summed E-state index contributed by atoms with van der Waals surface area (Å²) in [5.74, 6) is -0.0320. The number of nitrogens with one attached hydrogen (secondary N) is 2. The van der Waals surface area contributed by atoms with Crippen molar-refractivity contribution in [2.24, 2.45) is 0 Å². The lowest BCUT2D eigenvalue weighted by Gasteiger charge is -2.30. The Balaban J connectivity index is 0.00000200. The molecule has 0 aromatic carbocycles. The Morgan fingerprint density at radius 1 is 1.50 bits per heavy atom. The summed E-state index contributed by atoms with van der Waals surface area (Å²) in [6.45, 7) is 6.99. The van der Waals surface area contributed by atoms with Gasteiger partial charge in [-0.3, -0.25) is 4.79 Å². The van der Waals surface area contributed by atoms with Crippen LogP contribution in [0.3, 0.4) is 0 Å². The first-order chi connectivity index (χ1) is 9.11. The predicted octanol–water partition coefficient (Wildman–Crippen LogP) is 1.64. The van der Waals surface area contributed by atoms with Crippen LogP contribution < -0.4 is 10.6 Å². The van der Waals surface area contributed by atoms with Crippen molar-refractivity contribution in [3.8, 4) is 0 Å². The number of halogens is 1. The minimum absolute atomic E-state index is 0.